The van der Waals surface area contributed by atoms with Crippen molar-refractivity contribution in [1.29, 1.82) is 0 Å². The van der Waals surface area contributed by atoms with Crippen LogP contribution in [0.2, 0.25) is 0 Å². The molecule has 0 amide bonds. The summed E-state index contributed by atoms with van der Waals surface area (Å²) in [6, 6.07) is 6.23. The Kier molecular flexibility index (Phi) is 5.91. The van der Waals surface area contributed by atoms with E-state index in [0.717, 1.165) is 16.5 Å². The number of aliphatic hydroxyl groups is 1. The third kappa shape index (κ3) is 3.96. The fourth-order valence-electron chi connectivity index (χ4n) is 4.58. The molecule has 2 unspecified atom stereocenters. The molecule has 1 aliphatic heterocycles. The van der Waals surface area contributed by atoms with E-state index in [4.69, 9.17) is 9.94 Å². The number of aromatic nitrogens is 1. The summed E-state index contributed by atoms with van der Waals surface area (Å²) in [5, 5.41) is 9.97. The Balaban J connectivity index is 1.94. The third-order valence-corrected chi connectivity index (χ3v) is 5.97. The minimum absolute atomic E-state index is 0.293. The Labute approximate surface area is 182 Å². The van der Waals surface area contributed by atoms with Crippen LogP contribution in [0.15, 0.2) is 30.3 Å². The minimum Gasteiger partial charge on any atom is -0.390 e. The summed E-state index contributed by atoms with van der Waals surface area (Å²) in [5.74, 6) is -5.03. The maximum Gasteiger partial charge on any atom is 0.283 e. The van der Waals surface area contributed by atoms with E-state index in [-0.39, 0.29) is 5.56 Å². The Morgan fingerprint density at radius 1 is 1.22 bits per heavy atom. The van der Waals surface area contributed by atoms with Crippen molar-refractivity contribution in [3.8, 4) is 0 Å². The number of aromatic amines is 1. The smallest absolute Gasteiger partial charge is 0.283 e. The Hall–Kier alpha value is -2.62. The van der Waals surface area contributed by atoms with Gasteiger partial charge in [-0.2, -0.15) is 0 Å². The maximum absolute atomic E-state index is 15.1. The van der Waals surface area contributed by atoms with Crippen molar-refractivity contribution in [3.63, 3.8) is 0 Å². The first kappa shape index (κ1) is 22.6. The van der Waals surface area contributed by atoms with Crippen LogP contribution in [0.5, 0.6) is 0 Å². The van der Waals surface area contributed by atoms with Gasteiger partial charge < -0.3 is 10.1 Å². The van der Waals surface area contributed by atoms with E-state index < -0.39 is 42.8 Å². The highest BCUT2D eigenvalue weighted by Crippen LogP contribution is 2.43. The zero-order valence-corrected chi connectivity index (χ0v) is 18.0. The fraction of sp³-hybridized carbons (Fsp3) is 0.391. The zero-order chi connectivity index (χ0) is 23.2. The number of anilines is 1. The number of benzene rings is 2. The molecule has 2 atom stereocenters. The van der Waals surface area contributed by atoms with Gasteiger partial charge in [-0.3, -0.25) is 15.2 Å². The first-order chi connectivity index (χ1) is 15.1. The highest BCUT2D eigenvalue weighted by molar-refractivity contribution is 5.88. The van der Waals surface area contributed by atoms with Gasteiger partial charge in [-0.05, 0) is 61.7 Å². The van der Waals surface area contributed by atoms with E-state index >= 15 is 8.78 Å². The Morgan fingerprint density at radius 3 is 2.53 bits per heavy atom. The lowest BCUT2D eigenvalue weighted by molar-refractivity contribution is -0.0869. The van der Waals surface area contributed by atoms with Gasteiger partial charge >= 0.3 is 0 Å². The molecule has 5 nitrogen and oxygen atoms in total. The standard InChI is InChI=1S/C23H25F4N3O2/c1-12-6-17(24)20(18(25)7-12)22-21-16(8-13(2)30(22)10-23(26,27)11-31)15-9-14(29-32-3)4-5-19(15)28-21/h4-7,9,13,22,28-29,31H,8,10-11H2,1-3H3. The number of aliphatic hydroxyl groups excluding tert-OH is 1. The third-order valence-electron chi connectivity index (χ3n) is 5.97. The molecule has 0 aliphatic carbocycles. The van der Waals surface area contributed by atoms with Crippen LogP contribution < -0.4 is 5.48 Å². The zero-order valence-electron chi connectivity index (χ0n) is 18.0. The van der Waals surface area contributed by atoms with Crippen LogP contribution in [-0.4, -0.2) is 47.2 Å². The van der Waals surface area contributed by atoms with Crippen molar-refractivity contribution in [1.82, 2.24) is 9.88 Å². The Bertz CT molecular complexity index is 1120. The lowest BCUT2D eigenvalue weighted by atomic mass is 9.87. The van der Waals surface area contributed by atoms with Crippen LogP contribution >= 0.6 is 0 Å². The number of H-pyrrole nitrogens is 1. The van der Waals surface area contributed by atoms with E-state index in [1.807, 2.05) is 6.07 Å². The summed E-state index contributed by atoms with van der Waals surface area (Å²) in [5.41, 5.74) is 5.53. The molecular formula is C23H25F4N3O2. The number of alkyl halides is 2. The second-order valence-electron chi connectivity index (χ2n) is 8.37. The van der Waals surface area contributed by atoms with Crippen molar-refractivity contribution in [3.05, 3.63) is 64.4 Å². The highest BCUT2D eigenvalue weighted by Gasteiger charge is 2.43. The largest absolute Gasteiger partial charge is 0.390 e. The van der Waals surface area contributed by atoms with Crippen molar-refractivity contribution in [2.45, 2.75) is 38.3 Å². The van der Waals surface area contributed by atoms with Gasteiger partial charge in [0.15, 0.2) is 0 Å². The molecule has 172 valence electrons. The minimum atomic E-state index is -3.43. The second-order valence-corrected chi connectivity index (χ2v) is 8.37. The van der Waals surface area contributed by atoms with E-state index in [1.165, 1.54) is 24.1 Å². The van der Waals surface area contributed by atoms with Crippen molar-refractivity contribution in [2.24, 2.45) is 0 Å². The van der Waals surface area contributed by atoms with E-state index in [0.29, 0.717) is 23.4 Å². The first-order valence-corrected chi connectivity index (χ1v) is 10.3. The second kappa shape index (κ2) is 8.38. The Morgan fingerprint density at radius 2 is 1.91 bits per heavy atom. The predicted molar refractivity (Wildman–Crippen MR) is 114 cm³/mol. The van der Waals surface area contributed by atoms with Crippen LogP contribution in [0.4, 0.5) is 23.2 Å². The number of hydrogen-bond acceptors (Lipinski definition) is 4. The van der Waals surface area contributed by atoms with E-state index in [9.17, 15) is 8.78 Å². The van der Waals surface area contributed by atoms with Crippen LogP contribution in [0.25, 0.3) is 10.9 Å². The van der Waals surface area contributed by atoms with Gasteiger partial charge in [0, 0.05) is 28.2 Å². The normalized spacial score (nSPS) is 19.4. The molecule has 0 fully saturated rings. The molecule has 0 spiro atoms. The average Bonchev–Trinajstić information content (AvgIpc) is 3.07. The molecule has 0 radical (unpaired) electrons. The topological polar surface area (TPSA) is 60.5 Å². The van der Waals surface area contributed by atoms with Crippen LogP contribution in [0.3, 0.4) is 0 Å². The molecule has 9 heteroatoms. The van der Waals surface area contributed by atoms with Crippen LogP contribution in [-0.2, 0) is 11.3 Å². The predicted octanol–water partition coefficient (Wildman–Crippen LogP) is 4.69. The molecule has 2 heterocycles. The van der Waals surface area contributed by atoms with Crippen molar-refractivity contribution in [2.75, 3.05) is 25.7 Å². The molecule has 0 bridgehead atoms. The van der Waals surface area contributed by atoms with Gasteiger partial charge in [0.05, 0.1) is 25.4 Å². The van der Waals surface area contributed by atoms with Gasteiger partial charge in [-0.25, -0.2) is 17.6 Å². The number of hydrogen-bond donors (Lipinski definition) is 3. The molecule has 0 saturated heterocycles. The van der Waals surface area contributed by atoms with E-state index in [2.05, 4.69) is 10.5 Å². The highest BCUT2D eigenvalue weighted by atomic mass is 19.3. The van der Waals surface area contributed by atoms with Crippen LogP contribution in [0.1, 0.15) is 35.3 Å². The average molecular weight is 451 g/mol. The summed E-state index contributed by atoms with van der Waals surface area (Å²) in [4.78, 5) is 9.53. The molecule has 3 N–H and O–H groups in total. The monoisotopic (exact) mass is 451 g/mol. The number of halogens is 4. The van der Waals surface area contributed by atoms with Crippen molar-refractivity contribution < 1.29 is 27.5 Å². The SMILES string of the molecule is CONc1ccc2[nH]c3c(c2c1)CC(C)N(CC(F)(F)CO)C3c1c(F)cc(C)cc1F. The van der Waals surface area contributed by atoms with Gasteiger partial charge in [-0.15, -0.1) is 0 Å². The van der Waals surface area contributed by atoms with Crippen LogP contribution in [0, 0.1) is 18.6 Å². The lowest BCUT2D eigenvalue weighted by Crippen LogP contribution is -2.49. The number of fused-ring (bicyclic) bond motifs is 3. The molecule has 2 aromatic carbocycles. The number of nitrogens with zero attached hydrogens (tertiary/aromatic N) is 1. The summed E-state index contributed by atoms with van der Waals surface area (Å²) >= 11 is 0. The maximum atomic E-state index is 15.1. The quantitative estimate of drug-likeness (QED) is 0.376. The molecule has 1 aromatic heterocycles. The summed E-state index contributed by atoms with van der Waals surface area (Å²) < 4.78 is 58.7. The molecule has 1 aliphatic rings. The molecule has 4 rings (SSSR count). The summed E-state index contributed by atoms with van der Waals surface area (Å²) in [6.07, 6.45) is 0.388. The number of aryl methyl sites for hydroxylation is 1. The first-order valence-electron chi connectivity index (χ1n) is 10.3. The fourth-order valence-corrected chi connectivity index (χ4v) is 4.58. The van der Waals surface area contributed by atoms with Gasteiger partial charge in [-0.1, -0.05) is 0 Å². The molecule has 32 heavy (non-hydrogen) atoms. The molecule has 0 saturated carbocycles. The van der Waals surface area contributed by atoms with Gasteiger partial charge in [0.2, 0.25) is 0 Å². The van der Waals surface area contributed by atoms with Gasteiger partial charge in [0.25, 0.3) is 5.92 Å². The van der Waals surface area contributed by atoms with Gasteiger partial charge in [0.1, 0.15) is 18.2 Å². The van der Waals surface area contributed by atoms with Crippen molar-refractivity contribution >= 4 is 16.6 Å². The summed E-state index contributed by atoms with van der Waals surface area (Å²) in [7, 11) is 1.48. The van der Waals surface area contributed by atoms with E-state index in [1.54, 1.807) is 26.0 Å². The lowest BCUT2D eigenvalue weighted by Gasteiger charge is -2.42. The number of rotatable bonds is 6. The molecule has 3 aromatic rings. The number of nitrogens with one attached hydrogen (secondary N) is 2. The molecular weight excluding hydrogens is 426 g/mol. The summed E-state index contributed by atoms with van der Waals surface area (Å²) in [6.45, 7) is 1.11.